The first kappa shape index (κ1) is 16.9. The Morgan fingerprint density at radius 1 is 1.04 bits per heavy atom. The molecule has 0 spiro atoms. The molecule has 0 aliphatic heterocycles. The van der Waals surface area contributed by atoms with Crippen LogP contribution in [0.2, 0.25) is 0 Å². The van der Waals surface area contributed by atoms with Crippen LogP contribution in [0.3, 0.4) is 0 Å². The van der Waals surface area contributed by atoms with Crippen molar-refractivity contribution < 1.29 is 9.26 Å². The molecule has 0 saturated carbocycles. The molecule has 0 aliphatic carbocycles. The number of fused-ring (bicyclic) bond motifs is 3. The van der Waals surface area contributed by atoms with Crippen LogP contribution in [0.1, 0.15) is 5.76 Å². The van der Waals surface area contributed by atoms with E-state index < -0.39 is 0 Å². The molecule has 2 aromatic carbocycles. The molecular formula is C20H14BrN5O2. The fourth-order valence-corrected chi connectivity index (χ4v) is 3.67. The molecule has 0 aliphatic rings. The Kier molecular flexibility index (Phi) is 3.87. The Morgan fingerprint density at radius 2 is 1.86 bits per heavy atom. The van der Waals surface area contributed by atoms with Crippen LogP contribution in [0.25, 0.3) is 39.1 Å². The van der Waals surface area contributed by atoms with Crippen LogP contribution in [-0.4, -0.2) is 32.1 Å². The summed E-state index contributed by atoms with van der Waals surface area (Å²) < 4.78 is 13.6. The van der Waals surface area contributed by atoms with Crippen molar-refractivity contribution in [3.8, 4) is 28.5 Å². The molecule has 0 bridgehead atoms. The number of hydrogen-bond donors (Lipinski definition) is 0. The molecule has 5 aromatic rings. The van der Waals surface area contributed by atoms with Crippen LogP contribution in [-0.2, 0) is 0 Å². The first-order valence-electron chi connectivity index (χ1n) is 8.58. The molecule has 0 atom stereocenters. The quantitative estimate of drug-likeness (QED) is 0.409. The van der Waals surface area contributed by atoms with E-state index in [0.717, 1.165) is 26.4 Å². The molecule has 7 nitrogen and oxygen atoms in total. The van der Waals surface area contributed by atoms with Crippen LogP contribution in [0.15, 0.2) is 57.5 Å². The highest BCUT2D eigenvalue weighted by atomic mass is 79.9. The summed E-state index contributed by atoms with van der Waals surface area (Å²) >= 11 is 3.52. The van der Waals surface area contributed by atoms with E-state index >= 15 is 0 Å². The lowest BCUT2D eigenvalue weighted by Gasteiger charge is -2.07. The van der Waals surface area contributed by atoms with Crippen molar-refractivity contribution in [2.45, 2.75) is 6.92 Å². The molecule has 0 unspecified atom stereocenters. The lowest BCUT2D eigenvalue weighted by Crippen LogP contribution is -2.00. The molecular weight excluding hydrogens is 422 g/mol. The van der Waals surface area contributed by atoms with E-state index in [0.29, 0.717) is 28.8 Å². The third kappa shape index (κ3) is 2.49. The highest BCUT2D eigenvalue weighted by Gasteiger charge is 2.24. The first-order valence-corrected chi connectivity index (χ1v) is 9.37. The van der Waals surface area contributed by atoms with Crippen molar-refractivity contribution in [3.63, 3.8) is 0 Å². The molecule has 0 amide bonds. The second-order valence-corrected chi connectivity index (χ2v) is 7.20. The first-order chi connectivity index (χ1) is 13.7. The normalized spacial score (nSPS) is 11.4. The molecule has 0 fully saturated rings. The van der Waals surface area contributed by atoms with Crippen LogP contribution in [0.4, 0.5) is 0 Å². The Bertz CT molecular complexity index is 1330. The number of benzene rings is 2. The van der Waals surface area contributed by atoms with Gasteiger partial charge in [-0.3, -0.25) is 0 Å². The Hall–Kier alpha value is -3.26. The summed E-state index contributed by atoms with van der Waals surface area (Å²) in [7, 11) is 1.60. The summed E-state index contributed by atoms with van der Waals surface area (Å²) in [6.07, 6.45) is 0. The van der Waals surface area contributed by atoms with E-state index in [9.17, 15) is 0 Å². The summed E-state index contributed by atoms with van der Waals surface area (Å²) in [6, 6.07) is 15.7. The lowest BCUT2D eigenvalue weighted by atomic mass is 10.1. The Morgan fingerprint density at radius 3 is 2.64 bits per heavy atom. The highest BCUT2D eigenvalue weighted by molar-refractivity contribution is 9.10. The summed E-state index contributed by atoms with van der Waals surface area (Å²) in [4.78, 5) is 0. The number of methoxy groups -OCH3 is 1. The summed E-state index contributed by atoms with van der Waals surface area (Å²) in [6.45, 7) is 1.85. The van der Waals surface area contributed by atoms with Gasteiger partial charge in [0, 0.05) is 20.8 Å². The summed E-state index contributed by atoms with van der Waals surface area (Å²) in [5.74, 6) is 1.68. The standard InChI is InChI=1S/C20H14BrN5O2/c1-11-16(17(25-28-11)12-6-4-3-5-7-12)19-23-22-18-15-10-13(21)8-9-14(15)20(27-2)24-26(18)19/h3-10H,1-2H3. The third-order valence-electron chi connectivity index (χ3n) is 4.61. The van der Waals surface area contributed by atoms with Gasteiger partial charge in [-0.25, -0.2) is 0 Å². The van der Waals surface area contributed by atoms with Crippen molar-refractivity contribution in [3.05, 3.63) is 58.8 Å². The van der Waals surface area contributed by atoms with Crippen molar-refractivity contribution in [2.24, 2.45) is 0 Å². The average Bonchev–Trinajstić information content (AvgIpc) is 3.30. The molecule has 138 valence electrons. The van der Waals surface area contributed by atoms with Gasteiger partial charge >= 0.3 is 0 Å². The zero-order chi connectivity index (χ0) is 19.3. The number of rotatable bonds is 3. The zero-order valence-corrected chi connectivity index (χ0v) is 16.6. The van der Waals surface area contributed by atoms with E-state index in [4.69, 9.17) is 9.26 Å². The largest absolute Gasteiger partial charge is 0.480 e. The van der Waals surface area contributed by atoms with E-state index in [1.807, 2.05) is 55.5 Å². The monoisotopic (exact) mass is 435 g/mol. The molecule has 5 rings (SSSR count). The maximum absolute atomic E-state index is 5.52. The fourth-order valence-electron chi connectivity index (χ4n) is 3.31. The minimum absolute atomic E-state index is 0.492. The van der Waals surface area contributed by atoms with Crippen molar-refractivity contribution >= 4 is 32.3 Å². The van der Waals surface area contributed by atoms with Gasteiger partial charge in [0.1, 0.15) is 11.5 Å². The van der Waals surface area contributed by atoms with Crippen LogP contribution in [0, 0.1) is 6.92 Å². The second-order valence-electron chi connectivity index (χ2n) is 6.29. The number of aromatic nitrogens is 5. The number of nitrogens with zero attached hydrogens (tertiary/aromatic N) is 5. The molecule has 0 N–H and O–H groups in total. The molecule has 28 heavy (non-hydrogen) atoms. The van der Waals surface area contributed by atoms with Crippen molar-refractivity contribution in [2.75, 3.05) is 7.11 Å². The van der Waals surface area contributed by atoms with Gasteiger partial charge in [0.15, 0.2) is 11.5 Å². The lowest BCUT2D eigenvalue weighted by molar-refractivity contribution is 0.395. The highest BCUT2D eigenvalue weighted by Crippen LogP contribution is 2.35. The second kappa shape index (κ2) is 6.42. The maximum atomic E-state index is 5.52. The molecule has 3 heterocycles. The maximum Gasteiger partial charge on any atom is 0.239 e. The molecule has 8 heteroatoms. The zero-order valence-electron chi connectivity index (χ0n) is 15.0. The SMILES string of the molecule is COc1nn2c(-c3c(-c4ccccc4)noc3C)nnc2c2cc(Br)ccc12. The van der Waals surface area contributed by atoms with Gasteiger partial charge in [0.25, 0.3) is 0 Å². The molecule has 3 aromatic heterocycles. The number of halogens is 1. The predicted octanol–water partition coefficient (Wildman–Crippen LogP) is 4.68. The smallest absolute Gasteiger partial charge is 0.239 e. The van der Waals surface area contributed by atoms with Gasteiger partial charge in [0.05, 0.1) is 12.7 Å². The van der Waals surface area contributed by atoms with Crippen molar-refractivity contribution in [1.82, 2.24) is 25.0 Å². The summed E-state index contributed by atoms with van der Waals surface area (Å²) in [5.41, 5.74) is 3.01. The van der Waals surface area contributed by atoms with Crippen molar-refractivity contribution in [1.29, 1.82) is 0 Å². The Labute approximate surface area is 168 Å². The number of hydrogen-bond acceptors (Lipinski definition) is 6. The summed E-state index contributed by atoms with van der Waals surface area (Å²) in [5, 5.41) is 19.4. The minimum atomic E-state index is 0.492. The van der Waals surface area contributed by atoms with Gasteiger partial charge in [-0.2, -0.15) is 4.52 Å². The predicted molar refractivity (Wildman–Crippen MR) is 108 cm³/mol. The Balaban J connectivity index is 1.84. The minimum Gasteiger partial charge on any atom is -0.480 e. The van der Waals surface area contributed by atoms with E-state index in [-0.39, 0.29) is 0 Å². The van der Waals surface area contributed by atoms with E-state index in [1.54, 1.807) is 11.6 Å². The van der Waals surface area contributed by atoms with Gasteiger partial charge in [0.2, 0.25) is 5.88 Å². The number of ether oxygens (including phenoxy) is 1. The van der Waals surface area contributed by atoms with Gasteiger partial charge in [-0.1, -0.05) is 51.4 Å². The molecule has 0 saturated heterocycles. The van der Waals surface area contributed by atoms with Gasteiger partial charge in [-0.15, -0.1) is 15.3 Å². The van der Waals surface area contributed by atoms with Crippen LogP contribution in [0.5, 0.6) is 5.88 Å². The van der Waals surface area contributed by atoms with Gasteiger partial charge in [-0.05, 0) is 25.1 Å². The fraction of sp³-hybridized carbons (Fsp3) is 0.100. The number of aryl methyl sites for hydroxylation is 1. The van der Waals surface area contributed by atoms with Crippen LogP contribution >= 0.6 is 15.9 Å². The van der Waals surface area contributed by atoms with Gasteiger partial charge < -0.3 is 9.26 Å². The molecule has 0 radical (unpaired) electrons. The average molecular weight is 436 g/mol. The van der Waals surface area contributed by atoms with E-state index in [2.05, 4.69) is 36.4 Å². The van der Waals surface area contributed by atoms with E-state index in [1.165, 1.54) is 0 Å². The topological polar surface area (TPSA) is 78.3 Å². The third-order valence-corrected chi connectivity index (χ3v) is 5.10. The van der Waals surface area contributed by atoms with Crippen LogP contribution < -0.4 is 4.74 Å².